The minimum absolute atomic E-state index is 0.160. The molecule has 1 aromatic heterocycles. The van der Waals surface area contributed by atoms with Gasteiger partial charge in [0.25, 0.3) is 0 Å². The third kappa shape index (κ3) is 2.60. The lowest BCUT2D eigenvalue weighted by Gasteiger charge is -2.16. The van der Waals surface area contributed by atoms with Gasteiger partial charge in [0, 0.05) is 29.7 Å². The number of para-hydroxylation sites is 1. The lowest BCUT2D eigenvalue weighted by Crippen LogP contribution is -2.15. The summed E-state index contributed by atoms with van der Waals surface area (Å²) in [5.41, 5.74) is 14.7. The third-order valence-corrected chi connectivity index (χ3v) is 2.92. The fourth-order valence-corrected chi connectivity index (χ4v) is 1.93. The van der Waals surface area contributed by atoms with Crippen LogP contribution in [0.1, 0.15) is 17.2 Å². The van der Waals surface area contributed by atoms with Gasteiger partial charge in [-0.2, -0.15) is 0 Å². The van der Waals surface area contributed by atoms with Gasteiger partial charge in [0.15, 0.2) is 0 Å². The third-order valence-electron chi connectivity index (χ3n) is 2.92. The Morgan fingerprint density at radius 3 is 2.78 bits per heavy atom. The molecule has 4 nitrogen and oxygen atoms in total. The van der Waals surface area contributed by atoms with Crippen LogP contribution in [0.4, 0.5) is 5.69 Å². The molecular formula is C14H17N3O. The van der Waals surface area contributed by atoms with Crippen LogP contribution in [0.15, 0.2) is 42.7 Å². The van der Waals surface area contributed by atoms with Gasteiger partial charge in [0.1, 0.15) is 5.75 Å². The van der Waals surface area contributed by atoms with Crippen molar-refractivity contribution in [2.24, 2.45) is 5.73 Å². The van der Waals surface area contributed by atoms with E-state index in [0.717, 1.165) is 22.6 Å². The molecule has 4 N–H and O–H groups in total. The van der Waals surface area contributed by atoms with Gasteiger partial charge in [-0.05, 0) is 24.1 Å². The Kier molecular flexibility index (Phi) is 3.79. The van der Waals surface area contributed by atoms with Gasteiger partial charge in [-0.3, -0.25) is 4.98 Å². The monoisotopic (exact) mass is 243 g/mol. The molecule has 2 rings (SSSR count). The molecule has 94 valence electrons. The molecule has 0 bridgehead atoms. The number of nitrogens with zero attached hydrogens (tertiary/aromatic N) is 1. The van der Waals surface area contributed by atoms with Crippen molar-refractivity contribution in [3.63, 3.8) is 0 Å². The van der Waals surface area contributed by atoms with E-state index in [4.69, 9.17) is 16.2 Å². The minimum Gasteiger partial charge on any atom is -0.496 e. The second-order valence-corrected chi connectivity index (χ2v) is 4.13. The van der Waals surface area contributed by atoms with Crippen LogP contribution in [0.25, 0.3) is 0 Å². The summed E-state index contributed by atoms with van der Waals surface area (Å²) in [6.07, 6.45) is 4.07. The second-order valence-electron chi connectivity index (χ2n) is 4.13. The predicted molar refractivity (Wildman–Crippen MR) is 72.3 cm³/mol. The number of ether oxygens (including phenoxy) is 1. The minimum atomic E-state index is -0.160. The molecule has 1 heterocycles. The molecular weight excluding hydrogens is 226 g/mol. The van der Waals surface area contributed by atoms with Crippen LogP contribution >= 0.6 is 0 Å². The summed E-state index contributed by atoms with van der Waals surface area (Å²) >= 11 is 0. The Balaban J connectivity index is 2.22. The van der Waals surface area contributed by atoms with E-state index >= 15 is 0 Å². The highest BCUT2D eigenvalue weighted by atomic mass is 16.5. The summed E-state index contributed by atoms with van der Waals surface area (Å²) in [6, 6.07) is 9.37. The zero-order valence-electron chi connectivity index (χ0n) is 10.3. The second kappa shape index (κ2) is 5.51. The van der Waals surface area contributed by atoms with Crippen molar-refractivity contribution < 1.29 is 4.74 Å². The van der Waals surface area contributed by atoms with E-state index in [-0.39, 0.29) is 6.04 Å². The largest absolute Gasteiger partial charge is 0.496 e. The first-order chi connectivity index (χ1) is 8.72. The Labute approximate surface area is 107 Å². The maximum Gasteiger partial charge on any atom is 0.123 e. The SMILES string of the molecule is COc1ccccc1C(N)Cc1cnccc1N. The van der Waals surface area contributed by atoms with Gasteiger partial charge in [0.2, 0.25) is 0 Å². The average Bonchev–Trinajstić information content (AvgIpc) is 2.41. The smallest absolute Gasteiger partial charge is 0.123 e. The Morgan fingerprint density at radius 2 is 2.06 bits per heavy atom. The fraction of sp³-hybridized carbons (Fsp3) is 0.214. The van der Waals surface area contributed by atoms with Gasteiger partial charge >= 0.3 is 0 Å². The number of pyridine rings is 1. The van der Waals surface area contributed by atoms with Gasteiger partial charge in [0.05, 0.1) is 7.11 Å². The zero-order chi connectivity index (χ0) is 13.0. The van der Waals surface area contributed by atoms with Crippen molar-refractivity contribution in [2.45, 2.75) is 12.5 Å². The molecule has 1 atom stereocenters. The molecule has 1 aromatic carbocycles. The lowest BCUT2D eigenvalue weighted by atomic mass is 9.99. The first kappa shape index (κ1) is 12.4. The maximum atomic E-state index is 6.21. The molecule has 0 spiro atoms. The van der Waals surface area contributed by atoms with Crippen molar-refractivity contribution in [3.8, 4) is 5.75 Å². The van der Waals surface area contributed by atoms with E-state index in [1.807, 2.05) is 24.3 Å². The molecule has 2 aromatic rings. The molecule has 18 heavy (non-hydrogen) atoms. The number of anilines is 1. The Morgan fingerprint density at radius 1 is 1.28 bits per heavy atom. The van der Waals surface area contributed by atoms with Crippen molar-refractivity contribution in [3.05, 3.63) is 53.9 Å². The van der Waals surface area contributed by atoms with Crippen LogP contribution in [0.2, 0.25) is 0 Å². The summed E-state index contributed by atoms with van der Waals surface area (Å²) in [6.45, 7) is 0. The summed E-state index contributed by atoms with van der Waals surface area (Å²) in [5.74, 6) is 0.799. The van der Waals surface area contributed by atoms with E-state index in [1.54, 1.807) is 25.6 Å². The average molecular weight is 243 g/mol. The molecule has 0 fully saturated rings. The normalized spacial score (nSPS) is 12.1. The number of aromatic nitrogens is 1. The molecule has 0 radical (unpaired) electrons. The highest BCUT2D eigenvalue weighted by Gasteiger charge is 2.13. The number of hydrogen-bond donors (Lipinski definition) is 2. The topological polar surface area (TPSA) is 74.2 Å². The summed E-state index contributed by atoms with van der Waals surface area (Å²) in [5, 5.41) is 0. The number of nitrogen functional groups attached to an aromatic ring is 1. The van der Waals surface area contributed by atoms with Crippen LogP contribution in [-0.4, -0.2) is 12.1 Å². The Hall–Kier alpha value is -2.07. The van der Waals surface area contributed by atoms with Gasteiger partial charge in [-0.1, -0.05) is 18.2 Å². The van der Waals surface area contributed by atoms with Crippen LogP contribution in [0, 0.1) is 0 Å². The quantitative estimate of drug-likeness (QED) is 0.860. The first-order valence-corrected chi connectivity index (χ1v) is 5.79. The van der Waals surface area contributed by atoms with Gasteiger partial charge in [-0.25, -0.2) is 0 Å². The van der Waals surface area contributed by atoms with Crippen molar-refractivity contribution in [2.75, 3.05) is 12.8 Å². The maximum absolute atomic E-state index is 6.21. The standard InChI is InChI=1S/C14H17N3O/c1-18-14-5-3-2-4-11(14)13(16)8-10-9-17-7-6-12(10)15/h2-7,9,13H,8,16H2,1H3,(H2,15,17). The summed E-state index contributed by atoms with van der Waals surface area (Å²) in [4.78, 5) is 4.07. The molecule has 0 saturated carbocycles. The van der Waals surface area contributed by atoms with Crippen molar-refractivity contribution >= 4 is 5.69 Å². The molecule has 0 amide bonds. The molecule has 0 aliphatic rings. The van der Waals surface area contributed by atoms with Crippen LogP contribution in [0.3, 0.4) is 0 Å². The van der Waals surface area contributed by atoms with E-state index in [2.05, 4.69) is 4.98 Å². The predicted octanol–water partition coefficient (Wildman–Crippen LogP) is 1.91. The number of hydrogen-bond acceptors (Lipinski definition) is 4. The summed E-state index contributed by atoms with van der Waals surface area (Å²) < 4.78 is 5.31. The van der Waals surface area contributed by atoms with Crippen LogP contribution in [-0.2, 0) is 6.42 Å². The van der Waals surface area contributed by atoms with E-state index < -0.39 is 0 Å². The number of benzene rings is 1. The van der Waals surface area contributed by atoms with Gasteiger partial charge in [-0.15, -0.1) is 0 Å². The number of methoxy groups -OCH3 is 1. The van der Waals surface area contributed by atoms with Crippen molar-refractivity contribution in [1.29, 1.82) is 0 Å². The highest BCUT2D eigenvalue weighted by Crippen LogP contribution is 2.26. The number of rotatable bonds is 4. The van der Waals surface area contributed by atoms with E-state index in [0.29, 0.717) is 6.42 Å². The first-order valence-electron chi connectivity index (χ1n) is 5.79. The van der Waals surface area contributed by atoms with Gasteiger partial charge < -0.3 is 16.2 Å². The Bertz CT molecular complexity index is 528. The summed E-state index contributed by atoms with van der Waals surface area (Å²) in [7, 11) is 1.64. The lowest BCUT2D eigenvalue weighted by molar-refractivity contribution is 0.405. The van der Waals surface area contributed by atoms with Crippen molar-refractivity contribution in [1.82, 2.24) is 4.98 Å². The van der Waals surface area contributed by atoms with E-state index in [9.17, 15) is 0 Å². The fourth-order valence-electron chi connectivity index (χ4n) is 1.93. The molecule has 0 aliphatic heterocycles. The van der Waals surface area contributed by atoms with E-state index in [1.165, 1.54) is 0 Å². The zero-order valence-corrected chi connectivity index (χ0v) is 10.3. The number of nitrogens with two attached hydrogens (primary N) is 2. The highest BCUT2D eigenvalue weighted by molar-refractivity contribution is 5.46. The molecule has 0 saturated heterocycles. The molecule has 1 unspecified atom stereocenters. The molecule has 4 heteroatoms. The molecule has 0 aliphatic carbocycles. The van der Waals surface area contributed by atoms with Crippen LogP contribution in [0.5, 0.6) is 5.75 Å². The van der Waals surface area contributed by atoms with Crippen LogP contribution < -0.4 is 16.2 Å².